The van der Waals surface area contributed by atoms with E-state index in [4.69, 9.17) is 22.1 Å². The Labute approximate surface area is 105 Å². The summed E-state index contributed by atoms with van der Waals surface area (Å²) in [7, 11) is 0. The summed E-state index contributed by atoms with van der Waals surface area (Å²) >= 11 is 6.00. The molecule has 1 aromatic heterocycles. The molecule has 0 saturated carbocycles. The number of benzene rings is 1. The van der Waals surface area contributed by atoms with E-state index in [0.717, 1.165) is 11.1 Å². The summed E-state index contributed by atoms with van der Waals surface area (Å²) in [4.78, 5) is 3.92. The number of nitrogen functional groups attached to an aromatic ring is 1. The Balaban J connectivity index is 2.16. The minimum atomic E-state index is 0.385. The number of aromatic nitrogens is 1. The molecular formula is C13H13ClN2O. The highest BCUT2D eigenvalue weighted by Gasteiger charge is 2.06. The molecule has 0 aliphatic rings. The lowest BCUT2D eigenvalue weighted by Gasteiger charge is -2.12. The molecule has 0 fully saturated rings. The van der Waals surface area contributed by atoms with E-state index in [1.54, 1.807) is 12.4 Å². The third-order valence-electron chi connectivity index (χ3n) is 2.47. The van der Waals surface area contributed by atoms with Crippen molar-refractivity contribution in [2.45, 2.75) is 13.5 Å². The Bertz CT molecular complexity index is 508. The fourth-order valence-corrected chi connectivity index (χ4v) is 1.72. The van der Waals surface area contributed by atoms with Gasteiger partial charge in [-0.1, -0.05) is 23.7 Å². The summed E-state index contributed by atoms with van der Waals surface area (Å²) in [6.45, 7) is 2.34. The van der Waals surface area contributed by atoms with Crippen molar-refractivity contribution in [2.24, 2.45) is 0 Å². The van der Waals surface area contributed by atoms with Crippen LogP contribution < -0.4 is 10.5 Å². The summed E-state index contributed by atoms with van der Waals surface area (Å²) in [5.41, 5.74) is 8.39. The van der Waals surface area contributed by atoms with Gasteiger partial charge < -0.3 is 10.5 Å². The molecule has 0 unspecified atom stereocenters. The van der Waals surface area contributed by atoms with Gasteiger partial charge in [-0.15, -0.1) is 0 Å². The smallest absolute Gasteiger partial charge is 0.145 e. The van der Waals surface area contributed by atoms with Crippen LogP contribution in [0.4, 0.5) is 5.69 Å². The van der Waals surface area contributed by atoms with E-state index in [9.17, 15) is 0 Å². The number of aryl methyl sites for hydroxylation is 1. The molecule has 0 spiro atoms. The molecule has 0 radical (unpaired) electrons. The van der Waals surface area contributed by atoms with E-state index in [1.165, 1.54) is 0 Å². The second-order valence-electron chi connectivity index (χ2n) is 3.75. The van der Waals surface area contributed by atoms with Crippen molar-refractivity contribution in [1.29, 1.82) is 0 Å². The van der Waals surface area contributed by atoms with Gasteiger partial charge in [-0.3, -0.25) is 4.98 Å². The first-order chi connectivity index (χ1) is 8.18. The summed E-state index contributed by atoms with van der Waals surface area (Å²) in [5.74, 6) is 0.709. The molecule has 17 heavy (non-hydrogen) atoms. The lowest BCUT2D eigenvalue weighted by Crippen LogP contribution is -2.01. The van der Waals surface area contributed by atoms with Crippen LogP contribution in [0.1, 0.15) is 11.1 Å². The maximum Gasteiger partial charge on any atom is 0.145 e. The maximum atomic E-state index is 6.00. The predicted octanol–water partition coefficient (Wildman–Crippen LogP) is 3.20. The van der Waals surface area contributed by atoms with Crippen LogP contribution in [-0.4, -0.2) is 4.98 Å². The average Bonchev–Trinajstić information content (AvgIpc) is 2.30. The van der Waals surface area contributed by atoms with E-state index < -0.39 is 0 Å². The number of nitrogens with two attached hydrogens (primary N) is 1. The Morgan fingerprint density at radius 3 is 2.88 bits per heavy atom. The monoisotopic (exact) mass is 248 g/mol. The molecule has 2 N–H and O–H groups in total. The SMILES string of the molecule is Cc1cccc(N)c1OCc1ccncc1Cl. The molecule has 0 atom stereocenters. The number of ether oxygens (including phenoxy) is 1. The Morgan fingerprint density at radius 2 is 2.18 bits per heavy atom. The number of nitrogens with zero attached hydrogens (tertiary/aromatic N) is 1. The number of pyridine rings is 1. The number of halogens is 1. The third kappa shape index (κ3) is 2.68. The van der Waals surface area contributed by atoms with Gasteiger partial charge in [-0.25, -0.2) is 0 Å². The molecule has 88 valence electrons. The second-order valence-corrected chi connectivity index (χ2v) is 4.16. The number of rotatable bonds is 3. The second kappa shape index (κ2) is 5.06. The summed E-state index contributed by atoms with van der Waals surface area (Å²) in [6, 6.07) is 7.50. The number of hydrogen-bond donors (Lipinski definition) is 1. The standard InChI is InChI=1S/C13H13ClN2O/c1-9-3-2-4-12(15)13(9)17-8-10-5-6-16-7-11(10)14/h2-7H,8,15H2,1H3. The van der Waals surface area contributed by atoms with Gasteiger partial charge >= 0.3 is 0 Å². The van der Waals surface area contributed by atoms with Crippen molar-refractivity contribution >= 4 is 17.3 Å². The highest BCUT2D eigenvalue weighted by Crippen LogP contribution is 2.27. The van der Waals surface area contributed by atoms with E-state index >= 15 is 0 Å². The normalized spacial score (nSPS) is 10.2. The topological polar surface area (TPSA) is 48.1 Å². The molecule has 0 bridgehead atoms. The first kappa shape index (κ1) is 11.7. The lowest BCUT2D eigenvalue weighted by atomic mass is 10.2. The van der Waals surface area contributed by atoms with Crippen LogP contribution in [-0.2, 0) is 6.61 Å². The molecule has 0 amide bonds. The number of anilines is 1. The zero-order valence-corrected chi connectivity index (χ0v) is 10.2. The Hall–Kier alpha value is -1.74. The van der Waals surface area contributed by atoms with Crippen molar-refractivity contribution < 1.29 is 4.74 Å². The molecule has 1 aromatic carbocycles. The zero-order valence-electron chi connectivity index (χ0n) is 9.48. The minimum absolute atomic E-state index is 0.385. The Morgan fingerprint density at radius 1 is 1.35 bits per heavy atom. The van der Waals surface area contributed by atoms with E-state index in [2.05, 4.69) is 4.98 Å². The van der Waals surface area contributed by atoms with Gasteiger partial charge in [0.05, 0.1) is 10.7 Å². The van der Waals surface area contributed by atoms with Crippen LogP contribution >= 0.6 is 11.6 Å². The first-order valence-electron chi connectivity index (χ1n) is 5.25. The van der Waals surface area contributed by atoms with E-state index in [-0.39, 0.29) is 0 Å². The predicted molar refractivity (Wildman–Crippen MR) is 69.2 cm³/mol. The van der Waals surface area contributed by atoms with Gasteiger partial charge in [0.15, 0.2) is 0 Å². The molecule has 3 nitrogen and oxygen atoms in total. The number of para-hydroxylation sites is 1. The van der Waals surface area contributed by atoms with Crippen LogP contribution in [0.2, 0.25) is 5.02 Å². The minimum Gasteiger partial charge on any atom is -0.486 e. The van der Waals surface area contributed by atoms with Crippen molar-refractivity contribution in [1.82, 2.24) is 4.98 Å². The van der Waals surface area contributed by atoms with E-state index in [0.29, 0.717) is 23.1 Å². The molecule has 0 saturated heterocycles. The van der Waals surface area contributed by atoms with Gasteiger partial charge in [0.25, 0.3) is 0 Å². The summed E-state index contributed by atoms with van der Waals surface area (Å²) < 4.78 is 5.70. The fourth-order valence-electron chi connectivity index (χ4n) is 1.54. The first-order valence-corrected chi connectivity index (χ1v) is 5.62. The fraction of sp³-hybridized carbons (Fsp3) is 0.154. The van der Waals surface area contributed by atoms with Crippen molar-refractivity contribution in [3.8, 4) is 5.75 Å². The van der Waals surface area contributed by atoms with Crippen LogP contribution in [0.3, 0.4) is 0 Å². The maximum absolute atomic E-state index is 6.00. The van der Waals surface area contributed by atoms with Crippen molar-refractivity contribution in [2.75, 3.05) is 5.73 Å². The van der Waals surface area contributed by atoms with Crippen LogP contribution in [0.15, 0.2) is 36.7 Å². The van der Waals surface area contributed by atoms with Crippen LogP contribution in [0.25, 0.3) is 0 Å². The van der Waals surface area contributed by atoms with Crippen molar-refractivity contribution in [3.63, 3.8) is 0 Å². The van der Waals surface area contributed by atoms with Crippen LogP contribution in [0.5, 0.6) is 5.75 Å². The highest BCUT2D eigenvalue weighted by atomic mass is 35.5. The molecular weight excluding hydrogens is 236 g/mol. The van der Waals surface area contributed by atoms with Gasteiger partial charge in [-0.2, -0.15) is 0 Å². The Kier molecular flexibility index (Phi) is 3.49. The third-order valence-corrected chi connectivity index (χ3v) is 2.81. The van der Waals surface area contributed by atoms with Gasteiger partial charge in [0.2, 0.25) is 0 Å². The zero-order chi connectivity index (χ0) is 12.3. The highest BCUT2D eigenvalue weighted by molar-refractivity contribution is 6.31. The summed E-state index contributed by atoms with van der Waals surface area (Å²) in [6.07, 6.45) is 3.28. The molecule has 0 aliphatic heterocycles. The number of hydrogen-bond acceptors (Lipinski definition) is 3. The van der Waals surface area contributed by atoms with E-state index in [1.807, 2.05) is 31.2 Å². The largest absolute Gasteiger partial charge is 0.486 e. The van der Waals surface area contributed by atoms with Crippen LogP contribution in [0, 0.1) is 6.92 Å². The lowest BCUT2D eigenvalue weighted by molar-refractivity contribution is 0.306. The molecule has 1 heterocycles. The average molecular weight is 249 g/mol. The summed E-state index contributed by atoms with van der Waals surface area (Å²) in [5, 5.41) is 0.597. The van der Waals surface area contributed by atoms with Gasteiger partial charge in [0, 0.05) is 18.0 Å². The van der Waals surface area contributed by atoms with Crippen molar-refractivity contribution in [3.05, 3.63) is 52.8 Å². The molecule has 4 heteroatoms. The quantitative estimate of drug-likeness (QED) is 0.849. The molecule has 0 aliphatic carbocycles. The van der Waals surface area contributed by atoms with Gasteiger partial charge in [0.1, 0.15) is 12.4 Å². The van der Waals surface area contributed by atoms with Gasteiger partial charge in [-0.05, 0) is 24.6 Å². The molecule has 2 rings (SSSR count). The molecule has 2 aromatic rings.